The van der Waals surface area contributed by atoms with Gasteiger partial charge in [-0.1, -0.05) is 35.3 Å². The highest BCUT2D eigenvalue weighted by molar-refractivity contribution is 6.36. The largest absolute Gasteiger partial charge is 0.398 e. The van der Waals surface area contributed by atoms with Gasteiger partial charge in [0.2, 0.25) is 0 Å². The quantitative estimate of drug-likeness (QED) is 0.818. The van der Waals surface area contributed by atoms with Gasteiger partial charge in [-0.3, -0.25) is 4.79 Å². The molecule has 0 saturated carbocycles. The molecule has 0 aliphatic rings. The molecule has 5 heteroatoms. The molecule has 0 bridgehead atoms. The molecule has 1 amide bonds. The molecule has 19 heavy (non-hydrogen) atoms. The molecule has 0 atom stereocenters. The molecule has 2 aromatic carbocycles. The number of aryl methyl sites for hydroxylation is 1. The first-order valence-electron chi connectivity index (χ1n) is 5.60. The van der Waals surface area contributed by atoms with Crippen LogP contribution in [-0.4, -0.2) is 5.91 Å². The molecule has 98 valence electrons. The van der Waals surface area contributed by atoms with Crippen molar-refractivity contribution >= 4 is 40.5 Å². The van der Waals surface area contributed by atoms with Crippen LogP contribution >= 0.6 is 23.2 Å². The first kappa shape index (κ1) is 13.7. The molecular formula is C14H12Cl2N2O. The maximum atomic E-state index is 12.2. The number of nitrogens with two attached hydrogens (primary N) is 1. The maximum Gasteiger partial charge on any atom is 0.258 e. The Morgan fingerprint density at radius 2 is 1.95 bits per heavy atom. The van der Waals surface area contributed by atoms with Crippen LogP contribution in [0.3, 0.4) is 0 Å². The molecule has 2 rings (SSSR count). The predicted octanol–water partition coefficient (Wildman–Crippen LogP) is 4.14. The summed E-state index contributed by atoms with van der Waals surface area (Å²) in [6.45, 7) is 1.83. The van der Waals surface area contributed by atoms with E-state index in [-0.39, 0.29) is 5.91 Å². The van der Waals surface area contributed by atoms with E-state index in [1.165, 1.54) is 0 Å². The molecule has 0 aliphatic heterocycles. The van der Waals surface area contributed by atoms with Crippen LogP contribution in [0, 0.1) is 6.92 Å². The van der Waals surface area contributed by atoms with Gasteiger partial charge in [-0.15, -0.1) is 0 Å². The second-order valence-electron chi connectivity index (χ2n) is 4.12. The molecule has 3 nitrogen and oxygen atoms in total. The zero-order chi connectivity index (χ0) is 14.0. The van der Waals surface area contributed by atoms with Crippen molar-refractivity contribution in [2.75, 3.05) is 11.1 Å². The SMILES string of the molecule is Cc1cccc(N)c1C(=O)Nc1ccc(Cl)cc1Cl. The highest BCUT2D eigenvalue weighted by Crippen LogP contribution is 2.26. The van der Waals surface area contributed by atoms with E-state index in [1.54, 1.807) is 30.3 Å². The highest BCUT2D eigenvalue weighted by atomic mass is 35.5. The van der Waals surface area contributed by atoms with E-state index in [1.807, 2.05) is 13.0 Å². The Balaban J connectivity index is 2.31. The lowest BCUT2D eigenvalue weighted by Gasteiger charge is -2.11. The fourth-order valence-corrected chi connectivity index (χ4v) is 2.23. The van der Waals surface area contributed by atoms with Crippen molar-refractivity contribution in [1.82, 2.24) is 0 Å². The zero-order valence-electron chi connectivity index (χ0n) is 10.2. The monoisotopic (exact) mass is 294 g/mol. The van der Waals surface area contributed by atoms with Gasteiger partial charge >= 0.3 is 0 Å². The summed E-state index contributed by atoms with van der Waals surface area (Å²) in [5.74, 6) is -0.292. The summed E-state index contributed by atoms with van der Waals surface area (Å²) < 4.78 is 0. The van der Waals surface area contributed by atoms with Gasteiger partial charge in [-0.05, 0) is 36.8 Å². The van der Waals surface area contributed by atoms with Gasteiger partial charge in [0.05, 0.1) is 16.3 Å². The van der Waals surface area contributed by atoms with E-state index in [0.29, 0.717) is 27.0 Å². The molecule has 2 aromatic rings. The number of halogens is 2. The Kier molecular flexibility index (Phi) is 3.98. The fourth-order valence-electron chi connectivity index (χ4n) is 1.78. The third-order valence-electron chi connectivity index (χ3n) is 2.71. The minimum Gasteiger partial charge on any atom is -0.398 e. The number of anilines is 2. The number of rotatable bonds is 2. The molecule has 0 fully saturated rings. The molecule has 0 heterocycles. The van der Waals surface area contributed by atoms with E-state index in [2.05, 4.69) is 5.32 Å². The molecule has 0 radical (unpaired) electrons. The van der Waals surface area contributed by atoms with E-state index in [4.69, 9.17) is 28.9 Å². The Labute approximate surface area is 121 Å². The van der Waals surface area contributed by atoms with Gasteiger partial charge in [0.15, 0.2) is 0 Å². The van der Waals surface area contributed by atoms with Crippen LogP contribution in [0.4, 0.5) is 11.4 Å². The molecule has 0 aromatic heterocycles. The average Bonchev–Trinajstić information content (AvgIpc) is 2.32. The topological polar surface area (TPSA) is 55.1 Å². The summed E-state index contributed by atoms with van der Waals surface area (Å²) in [6, 6.07) is 10.2. The number of hydrogen-bond acceptors (Lipinski definition) is 2. The number of hydrogen-bond donors (Lipinski definition) is 2. The number of nitrogen functional groups attached to an aromatic ring is 1. The summed E-state index contributed by atoms with van der Waals surface area (Å²) in [4.78, 5) is 12.2. The lowest BCUT2D eigenvalue weighted by Crippen LogP contribution is -2.15. The van der Waals surface area contributed by atoms with Gasteiger partial charge in [-0.25, -0.2) is 0 Å². The fraction of sp³-hybridized carbons (Fsp3) is 0.0714. The Morgan fingerprint density at radius 3 is 2.58 bits per heavy atom. The first-order valence-corrected chi connectivity index (χ1v) is 6.36. The average molecular weight is 295 g/mol. The van der Waals surface area contributed by atoms with Crippen LogP contribution in [-0.2, 0) is 0 Å². The van der Waals surface area contributed by atoms with Crippen LogP contribution < -0.4 is 11.1 Å². The highest BCUT2D eigenvalue weighted by Gasteiger charge is 2.14. The van der Waals surface area contributed by atoms with Crippen LogP contribution in [0.2, 0.25) is 10.0 Å². The van der Waals surface area contributed by atoms with Crippen molar-refractivity contribution in [3.63, 3.8) is 0 Å². The standard InChI is InChI=1S/C14H12Cl2N2O/c1-8-3-2-4-11(17)13(8)14(19)18-12-6-5-9(15)7-10(12)16/h2-7H,17H2,1H3,(H,18,19). The predicted molar refractivity (Wildman–Crippen MR) is 80.0 cm³/mol. The lowest BCUT2D eigenvalue weighted by atomic mass is 10.1. The normalized spacial score (nSPS) is 10.3. The van der Waals surface area contributed by atoms with Crippen molar-refractivity contribution < 1.29 is 4.79 Å². The Hall–Kier alpha value is -1.71. The number of amides is 1. The third-order valence-corrected chi connectivity index (χ3v) is 3.26. The van der Waals surface area contributed by atoms with Crippen molar-refractivity contribution in [1.29, 1.82) is 0 Å². The van der Waals surface area contributed by atoms with E-state index in [9.17, 15) is 4.79 Å². The van der Waals surface area contributed by atoms with Gasteiger partial charge in [0.1, 0.15) is 0 Å². The van der Waals surface area contributed by atoms with Crippen LogP contribution in [0.15, 0.2) is 36.4 Å². The van der Waals surface area contributed by atoms with Crippen LogP contribution in [0.1, 0.15) is 15.9 Å². The molecule has 0 saturated heterocycles. The first-order chi connectivity index (χ1) is 8.99. The third kappa shape index (κ3) is 3.00. The summed E-state index contributed by atoms with van der Waals surface area (Å²) in [5, 5.41) is 3.62. The second-order valence-corrected chi connectivity index (χ2v) is 4.96. The van der Waals surface area contributed by atoms with Gasteiger partial charge in [0, 0.05) is 10.7 Å². The number of carbonyl (C=O) groups excluding carboxylic acids is 1. The minimum absolute atomic E-state index is 0.292. The Morgan fingerprint density at radius 1 is 1.21 bits per heavy atom. The molecular weight excluding hydrogens is 283 g/mol. The summed E-state index contributed by atoms with van der Waals surface area (Å²) in [6.07, 6.45) is 0. The van der Waals surface area contributed by atoms with Gasteiger partial charge in [-0.2, -0.15) is 0 Å². The van der Waals surface area contributed by atoms with Crippen LogP contribution in [0.5, 0.6) is 0 Å². The van der Waals surface area contributed by atoms with Crippen molar-refractivity contribution in [3.8, 4) is 0 Å². The molecule has 0 spiro atoms. The Bertz CT molecular complexity index is 621. The smallest absolute Gasteiger partial charge is 0.258 e. The lowest BCUT2D eigenvalue weighted by molar-refractivity contribution is 0.102. The number of carbonyl (C=O) groups is 1. The van der Waals surface area contributed by atoms with Crippen molar-refractivity contribution in [2.45, 2.75) is 6.92 Å². The summed E-state index contributed by atoms with van der Waals surface area (Å²) in [5.41, 5.74) is 8.02. The number of nitrogens with one attached hydrogen (secondary N) is 1. The van der Waals surface area contributed by atoms with E-state index < -0.39 is 0 Å². The van der Waals surface area contributed by atoms with Gasteiger partial charge in [0.25, 0.3) is 5.91 Å². The minimum atomic E-state index is -0.292. The van der Waals surface area contributed by atoms with Crippen molar-refractivity contribution in [2.24, 2.45) is 0 Å². The molecule has 0 unspecified atom stereocenters. The second kappa shape index (κ2) is 5.51. The summed E-state index contributed by atoms with van der Waals surface area (Å²) >= 11 is 11.8. The van der Waals surface area contributed by atoms with E-state index >= 15 is 0 Å². The molecule has 0 aliphatic carbocycles. The maximum absolute atomic E-state index is 12.2. The molecule has 3 N–H and O–H groups in total. The van der Waals surface area contributed by atoms with Crippen molar-refractivity contribution in [3.05, 3.63) is 57.6 Å². The van der Waals surface area contributed by atoms with Crippen LogP contribution in [0.25, 0.3) is 0 Å². The number of benzene rings is 2. The van der Waals surface area contributed by atoms with Gasteiger partial charge < -0.3 is 11.1 Å². The summed E-state index contributed by atoms with van der Waals surface area (Å²) in [7, 11) is 0. The zero-order valence-corrected chi connectivity index (χ0v) is 11.7. The van der Waals surface area contributed by atoms with E-state index in [0.717, 1.165) is 5.56 Å².